The summed E-state index contributed by atoms with van der Waals surface area (Å²) in [5.41, 5.74) is 1.85. The summed E-state index contributed by atoms with van der Waals surface area (Å²) in [6.07, 6.45) is 4.82. The Morgan fingerprint density at radius 2 is 1.55 bits per heavy atom. The van der Waals surface area contributed by atoms with Crippen molar-refractivity contribution in [1.82, 2.24) is 4.90 Å². The van der Waals surface area contributed by atoms with E-state index in [4.69, 9.17) is 0 Å². The molecule has 1 aliphatic rings. The van der Waals surface area contributed by atoms with Crippen LogP contribution in [0.15, 0.2) is 78.9 Å². The second-order valence-corrected chi connectivity index (χ2v) is 7.36. The second-order valence-electron chi connectivity index (χ2n) is 7.36. The zero-order valence-corrected chi connectivity index (χ0v) is 16.3. The number of hydrogen-bond acceptors (Lipinski definition) is 2. The summed E-state index contributed by atoms with van der Waals surface area (Å²) in [5.74, 6) is -0.0360. The molecule has 146 valence electrons. The fourth-order valence-electron chi connectivity index (χ4n) is 3.77. The van der Waals surface area contributed by atoms with Crippen molar-refractivity contribution >= 4 is 34.4 Å². The van der Waals surface area contributed by atoms with Crippen molar-refractivity contribution in [3.05, 3.63) is 84.4 Å². The van der Waals surface area contributed by atoms with Crippen molar-refractivity contribution in [3.8, 4) is 0 Å². The lowest BCUT2D eigenvalue weighted by Crippen LogP contribution is -2.40. The Hall–Kier alpha value is -3.40. The van der Waals surface area contributed by atoms with E-state index in [2.05, 4.69) is 5.32 Å². The molecular weight excluding hydrogens is 360 g/mol. The number of hydrogen-bond donors (Lipinski definition) is 1. The SMILES string of the molecule is O=C(Nc1cccc2ccccc12)C1CCN(C(=O)/C=C/c2ccccc2)CC1. The summed E-state index contributed by atoms with van der Waals surface area (Å²) >= 11 is 0. The Labute approximate surface area is 170 Å². The summed E-state index contributed by atoms with van der Waals surface area (Å²) < 4.78 is 0. The molecule has 0 aliphatic carbocycles. The summed E-state index contributed by atoms with van der Waals surface area (Å²) in [4.78, 5) is 27.0. The number of nitrogens with zero attached hydrogens (tertiary/aromatic N) is 1. The van der Waals surface area contributed by atoms with Crippen LogP contribution in [0.3, 0.4) is 0 Å². The first-order chi connectivity index (χ1) is 14.2. The number of rotatable bonds is 4. The number of benzene rings is 3. The van der Waals surface area contributed by atoms with Gasteiger partial charge in [-0.2, -0.15) is 0 Å². The molecule has 0 spiro atoms. The molecule has 2 amide bonds. The van der Waals surface area contributed by atoms with E-state index >= 15 is 0 Å². The first kappa shape index (κ1) is 18.9. The lowest BCUT2D eigenvalue weighted by molar-refractivity contribution is -0.130. The van der Waals surface area contributed by atoms with Gasteiger partial charge in [0.1, 0.15) is 0 Å². The minimum absolute atomic E-state index is 0.00163. The van der Waals surface area contributed by atoms with E-state index in [1.807, 2.05) is 83.8 Å². The van der Waals surface area contributed by atoms with E-state index in [1.54, 1.807) is 6.08 Å². The zero-order valence-electron chi connectivity index (χ0n) is 16.3. The van der Waals surface area contributed by atoms with Crippen molar-refractivity contribution in [3.63, 3.8) is 0 Å². The number of piperidine rings is 1. The van der Waals surface area contributed by atoms with Crippen molar-refractivity contribution in [2.45, 2.75) is 12.8 Å². The molecule has 1 aliphatic heterocycles. The predicted molar refractivity (Wildman–Crippen MR) is 117 cm³/mol. The zero-order chi connectivity index (χ0) is 20.1. The average molecular weight is 384 g/mol. The highest BCUT2D eigenvalue weighted by molar-refractivity contribution is 6.03. The molecule has 4 rings (SSSR count). The predicted octanol–water partition coefficient (Wildman–Crippen LogP) is 4.73. The Bertz CT molecular complexity index is 1030. The molecule has 3 aromatic carbocycles. The third-order valence-electron chi connectivity index (χ3n) is 5.44. The van der Waals surface area contributed by atoms with E-state index in [1.165, 1.54) is 0 Å². The molecule has 0 unspecified atom stereocenters. The summed E-state index contributed by atoms with van der Waals surface area (Å²) in [5, 5.41) is 5.24. The highest BCUT2D eigenvalue weighted by atomic mass is 16.2. The van der Waals surface area contributed by atoms with E-state index < -0.39 is 0 Å². The fraction of sp³-hybridized carbons (Fsp3) is 0.200. The highest BCUT2D eigenvalue weighted by Gasteiger charge is 2.26. The number of anilines is 1. The van der Waals surface area contributed by atoms with Gasteiger partial charge < -0.3 is 10.2 Å². The van der Waals surface area contributed by atoms with Gasteiger partial charge in [0.25, 0.3) is 0 Å². The molecule has 3 aromatic rings. The molecule has 4 nitrogen and oxygen atoms in total. The van der Waals surface area contributed by atoms with Crippen LogP contribution in [0.1, 0.15) is 18.4 Å². The molecule has 0 atom stereocenters. The Morgan fingerprint density at radius 1 is 0.862 bits per heavy atom. The maximum atomic E-state index is 12.8. The van der Waals surface area contributed by atoms with Gasteiger partial charge in [0.05, 0.1) is 0 Å². The van der Waals surface area contributed by atoms with Crippen LogP contribution in [-0.2, 0) is 9.59 Å². The van der Waals surface area contributed by atoms with Crippen molar-refractivity contribution in [1.29, 1.82) is 0 Å². The van der Waals surface area contributed by atoms with Gasteiger partial charge >= 0.3 is 0 Å². The van der Waals surface area contributed by atoms with Crippen LogP contribution in [0.4, 0.5) is 5.69 Å². The topological polar surface area (TPSA) is 49.4 Å². The molecule has 4 heteroatoms. The highest BCUT2D eigenvalue weighted by Crippen LogP contribution is 2.25. The van der Waals surface area contributed by atoms with E-state index in [0.29, 0.717) is 25.9 Å². The molecule has 0 aromatic heterocycles. The monoisotopic (exact) mass is 384 g/mol. The van der Waals surface area contributed by atoms with Crippen molar-refractivity contribution in [2.75, 3.05) is 18.4 Å². The molecule has 0 saturated carbocycles. The van der Waals surface area contributed by atoms with Crippen LogP contribution in [0.2, 0.25) is 0 Å². The fourth-order valence-corrected chi connectivity index (χ4v) is 3.77. The van der Waals surface area contributed by atoms with Crippen LogP contribution >= 0.6 is 0 Å². The molecule has 1 heterocycles. The van der Waals surface area contributed by atoms with Gasteiger partial charge in [-0.1, -0.05) is 66.7 Å². The molecule has 0 bridgehead atoms. The first-order valence-corrected chi connectivity index (χ1v) is 10.0. The smallest absolute Gasteiger partial charge is 0.246 e. The third kappa shape index (κ3) is 4.54. The van der Waals surface area contributed by atoms with Gasteiger partial charge in [-0.3, -0.25) is 9.59 Å². The normalized spacial score (nSPS) is 15.0. The van der Waals surface area contributed by atoms with E-state index in [-0.39, 0.29) is 17.7 Å². The van der Waals surface area contributed by atoms with Crippen molar-refractivity contribution < 1.29 is 9.59 Å². The maximum Gasteiger partial charge on any atom is 0.246 e. The maximum absolute atomic E-state index is 12.8. The summed E-state index contributed by atoms with van der Waals surface area (Å²) in [6.45, 7) is 1.21. The number of carbonyl (C=O) groups excluding carboxylic acids is 2. The Kier molecular flexibility index (Phi) is 5.71. The number of nitrogens with one attached hydrogen (secondary N) is 1. The van der Waals surface area contributed by atoms with Crippen molar-refractivity contribution in [2.24, 2.45) is 5.92 Å². The van der Waals surface area contributed by atoms with Gasteiger partial charge in [0, 0.05) is 36.2 Å². The number of likely N-dealkylation sites (tertiary alicyclic amines) is 1. The van der Waals surface area contributed by atoms with Gasteiger partial charge in [-0.25, -0.2) is 0 Å². The minimum atomic E-state index is -0.0730. The van der Waals surface area contributed by atoms with E-state index in [9.17, 15) is 9.59 Å². The van der Waals surface area contributed by atoms with Crippen LogP contribution in [-0.4, -0.2) is 29.8 Å². The molecule has 1 fully saturated rings. The number of fused-ring (bicyclic) bond motifs is 1. The molecule has 0 radical (unpaired) electrons. The van der Waals surface area contributed by atoms with Crippen LogP contribution in [0, 0.1) is 5.92 Å². The standard InChI is InChI=1S/C25H24N2O2/c28-24(14-13-19-7-2-1-3-8-19)27-17-15-21(16-18-27)25(29)26-23-12-6-10-20-9-4-5-11-22(20)23/h1-14,21H,15-18H2,(H,26,29)/b14-13+. The summed E-state index contributed by atoms with van der Waals surface area (Å²) in [7, 11) is 0. The Morgan fingerprint density at radius 3 is 2.34 bits per heavy atom. The van der Waals surface area contributed by atoms with Crippen LogP contribution in [0.25, 0.3) is 16.8 Å². The lowest BCUT2D eigenvalue weighted by atomic mass is 9.95. The van der Waals surface area contributed by atoms with E-state index in [0.717, 1.165) is 22.0 Å². The lowest BCUT2D eigenvalue weighted by Gasteiger charge is -2.30. The molecule has 29 heavy (non-hydrogen) atoms. The second kappa shape index (κ2) is 8.74. The van der Waals surface area contributed by atoms with Gasteiger partial charge in [-0.05, 0) is 35.9 Å². The number of carbonyl (C=O) groups is 2. The molecule has 1 N–H and O–H groups in total. The largest absolute Gasteiger partial charge is 0.339 e. The van der Waals surface area contributed by atoms with Crippen LogP contribution < -0.4 is 5.32 Å². The van der Waals surface area contributed by atoms with Gasteiger partial charge in [0.2, 0.25) is 11.8 Å². The Balaban J connectivity index is 1.34. The van der Waals surface area contributed by atoms with Gasteiger partial charge in [0.15, 0.2) is 0 Å². The van der Waals surface area contributed by atoms with Gasteiger partial charge in [-0.15, -0.1) is 0 Å². The molecular formula is C25H24N2O2. The minimum Gasteiger partial charge on any atom is -0.339 e. The average Bonchev–Trinajstić information content (AvgIpc) is 2.78. The quantitative estimate of drug-likeness (QED) is 0.661. The van der Waals surface area contributed by atoms with Crippen LogP contribution in [0.5, 0.6) is 0 Å². The number of amides is 2. The third-order valence-corrected chi connectivity index (χ3v) is 5.44. The molecule has 1 saturated heterocycles. The summed E-state index contributed by atoms with van der Waals surface area (Å²) in [6, 6.07) is 23.7. The first-order valence-electron chi connectivity index (χ1n) is 10.0.